The summed E-state index contributed by atoms with van der Waals surface area (Å²) >= 11 is 0. The number of ketones is 2. The molecule has 17 heavy (non-hydrogen) atoms. The van der Waals surface area contributed by atoms with Crippen LogP contribution in [0.15, 0.2) is 24.3 Å². The molecular weight excluding hydrogens is 214 g/mol. The van der Waals surface area contributed by atoms with Crippen LogP contribution >= 0.6 is 0 Å². The van der Waals surface area contributed by atoms with E-state index in [1.54, 1.807) is 24.3 Å². The Bertz CT molecular complexity index is 452. The Labute approximate surface area is 101 Å². The lowest BCUT2D eigenvalue weighted by Gasteiger charge is -2.03. The first kappa shape index (κ1) is 13.1. The molecule has 1 aromatic rings. The number of Topliss-reactive ketones (excluding diaryl/α,β-unsaturated/α-hetero) is 2. The van der Waals surface area contributed by atoms with E-state index in [0.29, 0.717) is 17.5 Å². The van der Waals surface area contributed by atoms with Crippen LogP contribution in [-0.4, -0.2) is 11.6 Å². The monoisotopic (exact) mass is 229 g/mol. The molecule has 0 fully saturated rings. The van der Waals surface area contributed by atoms with Crippen molar-refractivity contribution in [2.24, 2.45) is 5.92 Å². The van der Waals surface area contributed by atoms with E-state index in [4.69, 9.17) is 5.26 Å². The molecule has 0 aliphatic rings. The molecule has 0 saturated carbocycles. The van der Waals surface area contributed by atoms with Gasteiger partial charge in [-0.15, -0.1) is 0 Å². The van der Waals surface area contributed by atoms with Crippen molar-refractivity contribution in [3.05, 3.63) is 35.4 Å². The smallest absolute Gasteiger partial charge is 0.170 e. The molecule has 0 amide bonds. The highest BCUT2D eigenvalue weighted by Crippen LogP contribution is 2.09. The first-order valence-corrected chi connectivity index (χ1v) is 5.58. The van der Waals surface area contributed by atoms with Crippen LogP contribution in [0.2, 0.25) is 0 Å². The Morgan fingerprint density at radius 2 is 1.82 bits per heavy atom. The Kier molecular flexibility index (Phi) is 4.59. The summed E-state index contributed by atoms with van der Waals surface area (Å²) in [5, 5.41) is 8.62. The summed E-state index contributed by atoms with van der Waals surface area (Å²) in [7, 11) is 0. The maximum atomic E-state index is 11.7. The van der Waals surface area contributed by atoms with Crippen LogP contribution in [-0.2, 0) is 4.79 Å². The summed E-state index contributed by atoms with van der Waals surface area (Å²) in [6.45, 7) is 3.90. The van der Waals surface area contributed by atoms with E-state index in [2.05, 4.69) is 0 Å². The minimum atomic E-state index is -0.180. The van der Waals surface area contributed by atoms with Crippen LogP contribution < -0.4 is 0 Å². The second kappa shape index (κ2) is 5.95. The molecule has 1 aromatic carbocycles. The van der Waals surface area contributed by atoms with Gasteiger partial charge in [0.2, 0.25) is 0 Å². The molecule has 3 nitrogen and oxygen atoms in total. The molecule has 0 atom stereocenters. The number of hydrogen-bond donors (Lipinski definition) is 0. The van der Waals surface area contributed by atoms with Crippen LogP contribution in [0, 0.1) is 17.2 Å². The molecule has 0 bridgehead atoms. The number of carbonyl (C=O) groups excluding carboxylic acids is 2. The van der Waals surface area contributed by atoms with Crippen molar-refractivity contribution in [2.75, 3.05) is 0 Å². The molecule has 0 heterocycles. The van der Waals surface area contributed by atoms with Crippen LogP contribution in [0.5, 0.6) is 0 Å². The molecule has 0 saturated heterocycles. The third-order valence-corrected chi connectivity index (χ3v) is 2.33. The second-order valence-electron chi connectivity index (χ2n) is 4.43. The molecular formula is C14H15NO2. The van der Waals surface area contributed by atoms with Gasteiger partial charge in [0.1, 0.15) is 5.78 Å². The highest BCUT2D eigenvalue weighted by atomic mass is 16.1. The molecule has 0 aromatic heterocycles. The van der Waals surface area contributed by atoms with Crippen LogP contribution in [0.25, 0.3) is 0 Å². The summed E-state index contributed by atoms with van der Waals surface area (Å²) < 4.78 is 0. The molecule has 0 radical (unpaired) electrons. The number of nitrogens with zero attached hydrogens (tertiary/aromatic N) is 1. The normalized spacial score (nSPS) is 10.0. The van der Waals surface area contributed by atoms with Gasteiger partial charge in [-0.2, -0.15) is 5.26 Å². The fraction of sp³-hybridized carbons (Fsp3) is 0.357. The lowest BCUT2D eigenvalue weighted by molar-refractivity contribution is -0.118. The highest BCUT2D eigenvalue weighted by Gasteiger charge is 2.12. The van der Waals surface area contributed by atoms with E-state index in [1.807, 2.05) is 19.9 Å². The number of hydrogen-bond acceptors (Lipinski definition) is 3. The largest absolute Gasteiger partial charge is 0.299 e. The van der Waals surface area contributed by atoms with Gasteiger partial charge in [-0.05, 0) is 18.1 Å². The number of benzene rings is 1. The summed E-state index contributed by atoms with van der Waals surface area (Å²) in [5.74, 6) is 0.0609. The second-order valence-corrected chi connectivity index (χ2v) is 4.43. The quantitative estimate of drug-likeness (QED) is 0.576. The average Bonchev–Trinajstić information content (AvgIpc) is 2.28. The molecule has 3 heteroatoms. The zero-order chi connectivity index (χ0) is 12.8. The number of carbonyl (C=O) groups is 2. The van der Waals surface area contributed by atoms with E-state index in [-0.39, 0.29) is 23.9 Å². The fourth-order valence-electron chi connectivity index (χ4n) is 1.54. The Hall–Kier alpha value is -1.95. The van der Waals surface area contributed by atoms with Crippen molar-refractivity contribution >= 4 is 11.6 Å². The van der Waals surface area contributed by atoms with Crippen molar-refractivity contribution in [3.8, 4) is 6.07 Å². The van der Waals surface area contributed by atoms with E-state index >= 15 is 0 Å². The van der Waals surface area contributed by atoms with Gasteiger partial charge < -0.3 is 0 Å². The van der Waals surface area contributed by atoms with Gasteiger partial charge in [0.15, 0.2) is 5.78 Å². The number of nitriles is 1. The molecule has 1 rings (SSSR count). The standard InChI is InChI=1S/C14H15NO2/c1-10(2)7-13(16)8-14(17)12-5-3-11(9-15)4-6-12/h3-6,10H,7-8H2,1-2H3. The summed E-state index contributed by atoms with van der Waals surface area (Å²) in [6.07, 6.45) is 0.381. The van der Waals surface area contributed by atoms with E-state index < -0.39 is 0 Å². The maximum Gasteiger partial charge on any atom is 0.170 e. The van der Waals surface area contributed by atoms with E-state index in [1.165, 1.54) is 0 Å². The third-order valence-electron chi connectivity index (χ3n) is 2.33. The SMILES string of the molecule is CC(C)CC(=O)CC(=O)c1ccc(C#N)cc1. The molecule has 0 unspecified atom stereocenters. The van der Waals surface area contributed by atoms with Crippen molar-refractivity contribution in [3.63, 3.8) is 0 Å². The van der Waals surface area contributed by atoms with Gasteiger partial charge in [-0.1, -0.05) is 26.0 Å². The zero-order valence-corrected chi connectivity index (χ0v) is 10.1. The minimum Gasteiger partial charge on any atom is -0.299 e. The molecule has 0 N–H and O–H groups in total. The lowest BCUT2D eigenvalue weighted by atomic mass is 10.00. The average molecular weight is 229 g/mol. The van der Waals surface area contributed by atoms with Crippen LogP contribution in [0.4, 0.5) is 0 Å². The van der Waals surface area contributed by atoms with E-state index in [9.17, 15) is 9.59 Å². The van der Waals surface area contributed by atoms with Crippen molar-refractivity contribution in [1.82, 2.24) is 0 Å². The van der Waals surface area contributed by atoms with Gasteiger partial charge >= 0.3 is 0 Å². The molecule has 0 aliphatic carbocycles. The topological polar surface area (TPSA) is 57.9 Å². The van der Waals surface area contributed by atoms with E-state index in [0.717, 1.165) is 0 Å². The minimum absolute atomic E-state index is 0.0330. The Balaban J connectivity index is 2.64. The highest BCUT2D eigenvalue weighted by molar-refractivity contribution is 6.07. The first-order valence-electron chi connectivity index (χ1n) is 5.58. The predicted octanol–water partition coefficient (Wildman–Crippen LogP) is 2.75. The van der Waals surface area contributed by atoms with Gasteiger partial charge in [0, 0.05) is 12.0 Å². The number of rotatable bonds is 5. The maximum absolute atomic E-state index is 11.7. The van der Waals surface area contributed by atoms with Gasteiger partial charge in [0.05, 0.1) is 18.1 Å². The van der Waals surface area contributed by atoms with Crippen molar-refractivity contribution in [2.45, 2.75) is 26.7 Å². The van der Waals surface area contributed by atoms with Crippen LogP contribution in [0.3, 0.4) is 0 Å². The summed E-state index contributed by atoms with van der Waals surface area (Å²) in [6, 6.07) is 8.32. The Morgan fingerprint density at radius 3 is 2.29 bits per heavy atom. The van der Waals surface area contributed by atoms with Crippen molar-refractivity contribution in [1.29, 1.82) is 5.26 Å². The van der Waals surface area contributed by atoms with Crippen LogP contribution in [0.1, 0.15) is 42.6 Å². The zero-order valence-electron chi connectivity index (χ0n) is 10.1. The Morgan fingerprint density at radius 1 is 1.24 bits per heavy atom. The van der Waals surface area contributed by atoms with Gasteiger partial charge in [-0.25, -0.2) is 0 Å². The molecule has 88 valence electrons. The predicted molar refractivity (Wildman–Crippen MR) is 64.6 cm³/mol. The summed E-state index contributed by atoms with van der Waals surface area (Å²) in [5.41, 5.74) is 0.996. The lowest BCUT2D eigenvalue weighted by Crippen LogP contribution is -2.10. The van der Waals surface area contributed by atoms with Gasteiger partial charge in [0.25, 0.3) is 0 Å². The fourth-order valence-corrected chi connectivity index (χ4v) is 1.54. The van der Waals surface area contributed by atoms with Crippen molar-refractivity contribution < 1.29 is 9.59 Å². The third kappa shape index (κ3) is 4.20. The molecule has 0 spiro atoms. The first-order chi connectivity index (χ1) is 8.02. The van der Waals surface area contributed by atoms with Gasteiger partial charge in [-0.3, -0.25) is 9.59 Å². The summed E-state index contributed by atoms with van der Waals surface area (Å²) in [4.78, 5) is 23.2. The molecule has 0 aliphatic heterocycles.